The van der Waals surface area contributed by atoms with E-state index in [1.54, 1.807) is 42.7 Å². The van der Waals surface area contributed by atoms with E-state index < -0.39 is 15.1 Å². The van der Waals surface area contributed by atoms with Crippen molar-refractivity contribution in [2.24, 2.45) is 0 Å². The number of hydrogen-bond donors (Lipinski definition) is 1. The molecule has 38 heavy (non-hydrogen) atoms. The fraction of sp³-hybridized carbons (Fsp3) is 0.259. The molecule has 2 aromatic carbocycles. The Labute approximate surface area is 225 Å². The molecule has 1 atom stereocenters. The number of aryl methyl sites for hydroxylation is 2. The smallest absolute Gasteiger partial charge is 0.240 e. The Hall–Kier alpha value is -3.88. The van der Waals surface area contributed by atoms with Crippen molar-refractivity contribution >= 4 is 33.4 Å². The number of furan rings is 1. The number of hydrogen-bond acceptors (Lipinski definition) is 8. The number of carbonyl (C=O) groups excluding carboxylic acids is 1. The average molecular weight is 550 g/mol. The number of nitrogens with zero attached hydrogens (tertiary/aromatic N) is 4. The zero-order valence-corrected chi connectivity index (χ0v) is 23.1. The summed E-state index contributed by atoms with van der Waals surface area (Å²) in [5.41, 5.74) is 2.59. The van der Waals surface area contributed by atoms with Gasteiger partial charge < -0.3 is 4.42 Å². The number of amides is 1. The Morgan fingerprint density at radius 3 is 2.42 bits per heavy atom. The van der Waals surface area contributed by atoms with Gasteiger partial charge in [-0.05, 0) is 51.5 Å². The molecule has 9 nitrogen and oxygen atoms in total. The molecule has 1 unspecified atom stereocenters. The van der Waals surface area contributed by atoms with E-state index in [1.165, 1.54) is 0 Å². The molecule has 2 aromatic heterocycles. The van der Waals surface area contributed by atoms with E-state index in [-0.39, 0.29) is 33.8 Å². The maximum absolute atomic E-state index is 13.2. The second kappa shape index (κ2) is 11.2. The lowest BCUT2D eigenvalue weighted by Crippen LogP contribution is -2.25. The number of anilines is 1. The van der Waals surface area contributed by atoms with Crippen molar-refractivity contribution in [3.05, 3.63) is 82.9 Å². The van der Waals surface area contributed by atoms with Crippen LogP contribution in [-0.2, 0) is 20.4 Å². The first-order chi connectivity index (χ1) is 18.1. The third kappa shape index (κ3) is 5.66. The third-order valence-corrected chi connectivity index (χ3v) is 8.99. The van der Waals surface area contributed by atoms with Crippen LogP contribution in [0.15, 0.2) is 69.1 Å². The van der Waals surface area contributed by atoms with Crippen LogP contribution < -0.4 is 5.32 Å². The highest BCUT2D eigenvalue weighted by atomic mass is 32.2. The van der Waals surface area contributed by atoms with Gasteiger partial charge in [0.1, 0.15) is 23.1 Å². The van der Waals surface area contributed by atoms with E-state index in [0.29, 0.717) is 28.6 Å². The molecule has 0 saturated heterocycles. The molecule has 11 heteroatoms. The van der Waals surface area contributed by atoms with Gasteiger partial charge in [-0.25, -0.2) is 8.42 Å². The molecule has 4 rings (SSSR count). The van der Waals surface area contributed by atoms with Crippen LogP contribution >= 0.6 is 11.8 Å². The number of rotatable bonds is 9. The summed E-state index contributed by atoms with van der Waals surface area (Å²) in [4.78, 5) is 13.4. The van der Waals surface area contributed by atoms with Crippen LogP contribution in [0.4, 0.5) is 5.88 Å². The average Bonchev–Trinajstić information content (AvgIpc) is 3.41. The number of aromatic nitrogens is 3. The van der Waals surface area contributed by atoms with Crippen molar-refractivity contribution in [1.29, 1.82) is 5.26 Å². The number of benzene rings is 2. The number of thioether (sulfide) groups is 1. The predicted octanol–water partition coefficient (Wildman–Crippen LogP) is 5.14. The lowest BCUT2D eigenvalue weighted by molar-refractivity contribution is -0.115. The van der Waals surface area contributed by atoms with Crippen molar-refractivity contribution < 1.29 is 17.6 Å². The molecule has 2 heterocycles. The van der Waals surface area contributed by atoms with Crippen molar-refractivity contribution in [2.75, 3.05) is 5.32 Å². The first kappa shape index (κ1) is 27.2. The normalized spacial score (nSPS) is 12.2. The number of sulfone groups is 1. The highest BCUT2D eigenvalue weighted by Gasteiger charge is 2.27. The third-order valence-electron chi connectivity index (χ3n) is 6.06. The van der Waals surface area contributed by atoms with Gasteiger partial charge in [0.15, 0.2) is 20.8 Å². The molecule has 1 N–H and O–H groups in total. The Kier molecular flexibility index (Phi) is 8.04. The Morgan fingerprint density at radius 1 is 1.11 bits per heavy atom. The van der Waals surface area contributed by atoms with Gasteiger partial charge in [0, 0.05) is 11.3 Å². The molecule has 0 saturated carbocycles. The van der Waals surface area contributed by atoms with Crippen molar-refractivity contribution in [2.45, 2.75) is 55.2 Å². The number of para-hydroxylation sites is 1. The Bertz CT molecular complexity index is 1600. The molecule has 0 aliphatic carbocycles. The van der Waals surface area contributed by atoms with Gasteiger partial charge in [0.05, 0.1) is 10.1 Å². The summed E-state index contributed by atoms with van der Waals surface area (Å²) in [5.74, 6) is 0.178. The van der Waals surface area contributed by atoms with E-state index in [2.05, 4.69) is 21.6 Å². The summed E-state index contributed by atoms with van der Waals surface area (Å²) in [6.07, 6.45) is 0.440. The van der Waals surface area contributed by atoms with Gasteiger partial charge in [-0.3, -0.25) is 14.7 Å². The largest absolute Gasteiger partial charge is 0.444 e. The topological polar surface area (TPSA) is 131 Å². The summed E-state index contributed by atoms with van der Waals surface area (Å²) in [6.45, 7) is 7.23. The molecule has 196 valence electrons. The molecular weight excluding hydrogens is 522 g/mol. The zero-order valence-electron chi connectivity index (χ0n) is 21.4. The van der Waals surface area contributed by atoms with E-state index in [4.69, 9.17) is 4.42 Å². The molecule has 0 bridgehead atoms. The van der Waals surface area contributed by atoms with Crippen LogP contribution in [0.1, 0.15) is 41.6 Å². The lowest BCUT2D eigenvalue weighted by atomic mass is 10.2. The van der Waals surface area contributed by atoms with E-state index in [1.807, 2.05) is 44.2 Å². The van der Waals surface area contributed by atoms with Gasteiger partial charge >= 0.3 is 0 Å². The van der Waals surface area contributed by atoms with E-state index in [9.17, 15) is 18.5 Å². The van der Waals surface area contributed by atoms with Crippen LogP contribution in [0.5, 0.6) is 0 Å². The minimum absolute atomic E-state index is 0.112. The summed E-state index contributed by atoms with van der Waals surface area (Å²) in [5, 5.41) is 20.4. The molecule has 0 spiro atoms. The van der Waals surface area contributed by atoms with E-state index in [0.717, 1.165) is 17.3 Å². The minimum atomic E-state index is -3.70. The summed E-state index contributed by atoms with van der Waals surface area (Å²) in [6, 6.07) is 17.9. The summed E-state index contributed by atoms with van der Waals surface area (Å²) >= 11 is 1.16. The summed E-state index contributed by atoms with van der Waals surface area (Å²) < 4.78 is 33.6. The van der Waals surface area contributed by atoms with Crippen LogP contribution in [0.2, 0.25) is 0 Å². The van der Waals surface area contributed by atoms with Crippen molar-refractivity contribution in [1.82, 2.24) is 14.8 Å². The fourth-order valence-electron chi connectivity index (χ4n) is 3.80. The second-order valence-electron chi connectivity index (χ2n) is 8.75. The van der Waals surface area contributed by atoms with Gasteiger partial charge in [-0.1, -0.05) is 54.6 Å². The highest BCUT2D eigenvalue weighted by molar-refractivity contribution is 8.00. The monoisotopic (exact) mass is 549 g/mol. The second-order valence-corrected chi connectivity index (χ2v) is 11.9. The maximum Gasteiger partial charge on any atom is 0.240 e. The predicted molar refractivity (Wildman–Crippen MR) is 145 cm³/mol. The zero-order chi connectivity index (χ0) is 27.4. The standard InChI is InChI=1S/C27H27N5O4S2/c1-5-23(25(33)29-26-22(15-28)18(3)19(4)36-26)37-27-31-30-24(32(27)20-9-7-6-8-10-20)16-38(34,35)21-13-11-17(2)12-14-21/h6-14,23H,5,16H2,1-4H3,(H,29,33). The SMILES string of the molecule is CCC(Sc1nnc(CS(=O)(=O)c2ccc(C)cc2)n1-c1ccccc1)C(=O)Nc1oc(C)c(C)c1C#N. The van der Waals surface area contributed by atoms with Gasteiger partial charge in [-0.15, -0.1) is 10.2 Å². The summed E-state index contributed by atoms with van der Waals surface area (Å²) in [7, 11) is -3.70. The van der Waals surface area contributed by atoms with Crippen LogP contribution in [0, 0.1) is 32.1 Å². The number of carbonyl (C=O) groups is 1. The van der Waals surface area contributed by atoms with Crippen molar-refractivity contribution in [3.8, 4) is 11.8 Å². The fourth-order valence-corrected chi connectivity index (χ4v) is 6.03. The first-order valence-corrected chi connectivity index (χ1v) is 14.4. The highest BCUT2D eigenvalue weighted by Crippen LogP contribution is 2.31. The van der Waals surface area contributed by atoms with Gasteiger partial charge in [-0.2, -0.15) is 5.26 Å². The molecule has 0 radical (unpaired) electrons. The Balaban J connectivity index is 1.65. The number of nitrogens with one attached hydrogen (secondary N) is 1. The maximum atomic E-state index is 13.2. The molecular formula is C27H27N5O4S2. The number of nitriles is 1. The minimum Gasteiger partial charge on any atom is -0.444 e. The van der Waals surface area contributed by atoms with Gasteiger partial charge in [0.25, 0.3) is 0 Å². The molecule has 0 aliphatic heterocycles. The molecule has 0 fully saturated rings. The quantitative estimate of drug-likeness (QED) is 0.284. The Morgan fingerprint density at radius 2 is 1.79 bits per heavy atom. The molecule has 0 aliphatic rings. The van der Waals surface area contributed by atoms with Crippen LogP contribution in [0.25, 0.3) is 5.69 Å². The molecule has 4 aromatic rings. The van der Waals surface area contributed by atoms with Crippen LogP contribution in [-0.4, -0.2) is 34.3 Å². The van der Waals surface area contributed by atoms with Crippen molar-refractivity contribution in [3.63, 3.8) is 0 Å². The molecule has 1 amide bonds. The first-order valence-electron chi connectivity index (χ1n) is 11.9. The van der Waals surface area contributed by atoms with Crippen LogP contribution in [0.3, 0.4) is 0 Å². The van der Waals surface area contributed by atoms with Gasteiger partial charge in [0.2, 0.25) is 11.8 Å². The van der Waals surface area contributed by atoms with E-state index >= 15 is 0 Å². The lowest BCUT2D eigenvalue weighted by Gasteiger charge is -2.15.